The van der Waals surface area contributed by atoms with Gasteiger partial charge in [-0.1, -0.05) is 19.1 Å². The lowest BCUT2D eigenvalue weighted by Crippen LogP contribution is -2.30. The van der Waals surface area contributed by atoms with Gasteiger partial charge in [0.15, 0.2) is 0 Å². The minimum Gasteiger partial charge on any atom is -0.336 e. The van der Waals surface area contributed by atoms with Crippen molar-refractivity contribution in [3.05, 3.63) is 30.0 Å². The molecule has 1 aromatic heterocycles. The Morgan fingerprint density at radius 3 is 3.22 bits per heavy atom. The summed E-state index contributed by atoms with van der Waals surface area (Å²) in [6, 6.07) is 6.36. The van der Waals surface area contributed by atoms with Gasteiger partial charge in [0, 0.05) is 18.5 Å². The van der Waals surface area contributed by atoms with Gasteiger partial charge < -0.3 is 10.2 Å². The molecule has 1 unspecified atom stereocenters. The number of aromatic nitrogens is 2. The standard InChI is InChI=1S/C13H16N4O/c1-2-5-17-12(8-14-13(17)18)9-3-4-10-7-15-16-11(10)6-9/h3-4,6-7,12H,2,5,8H2,1H3,(H,14,18)(H,15,16). The quantitative estimate of drug-likeness (QED) is 0.868. The molecule has 5 heteroatoms. The molecule has 0 radical (unpaired) electrons. The Morgan fingerprint density at radius 2 is 2.39 bits per heavy atom. The van der Waals surface area contributed by atoms with Crippen molar-refractivity contribution in [2.45, 2.75) is 19.4 Å². The Bertz CT molecular complexity index is 577. The first kappa shape index (κ1) is 11.1. The summed E-state index contributed by atoms with van der Waals surface area (Å²) in [5, 5.41) is 11.0. The monoisotopic (exact) mass is 244 g/mol. The van der Waals surface area contributed by atoms with Crippen molar-refractivity contribution in [3.63, 3.8) is 0 Å². The molecule has 1 aliphatic rings. The van der Waals surface area contributed by atoms with Gasteiger partial charge in [0.25, 0.3) is 0 Å². The molecule has 1 saturated heterocycles. The largest absolute Gasteiger partial charge is 0.336 e. The summed E-state index contributed by atoms with van der Waals surface area (Å²) in [6.07, 6.45) is 2.77. The minimum atomic E-state index is 0.0338. The summed E-state index contributed by atoms with van der Waals surface area (Å²) in [5.74, 6) is 0. The summed E-state index contributed by atoms with van der Waals surface area (Å²) in [4.78, 5) is 13.7. The smallest absolute Gasteiger partial charge is 0.318 e. The predicted molar refractivity (Wildman–Crippen MR) is 69.2 cm³/mol. The van der Waals surface area contributed by atoms with Gasteiger partial charge in [-0.3, -0.25) is 5.10 Å². The lowest BCUT2D eigenvalue weighted by atomic mass is 10.0. The minimum absolute atomic E-state index is 0.0338. The molecule has 18 heavy (non-hydrogen) atoms. The molecule has 0 saturated carbocycles. The Morgan fingerprint density at radius 1 is 1.50 bits per heavy atom. The molecule has 0 bridgehead atoms. The molecule has 1 atom stereocenters. The Kier molecular flexibility index (Phi) is 2.66. The van der Waals surface area contributed by atoms with Gasteiger partial charge in [0.1, 0.15) is 0 Å². The fourth-order valence-electron chi connectivity index (χ4n) is 2.50. The number of urea groups is 1. The van der Waals surface area contributed by atoms with E-state index >= 15 is 0 Å². The van der Waals surface area contributed by atoms with Crippen molar-refractivity contribution in [3.8, 4) is 0 Å². The molecule has 94 valence electrons. The highest BCUT2D eigenvalue weighted by atomic mass is 16.2. The fourth-order valence-corrected chi connectivity index (χ4v) is 2.50. The van der Waals surface area contributed by atoms with Crippen molar-refractivity contribution >= 4 is 16.9 Å². The molecule has 1 fully saturated rings. The Labute approximate surface area is 105 Å². The highest BCUT2D eigenvalue weighted by Gasteiger charge is 2.30. The van der Waals surface area contributed by atoms with E-state index in [1.165, 1.54) is 0 Å². The first-order valence-electron chi connectivity index (χ1n) is 6.27. The third-order valence-corrected chi connectivity index (χ3v) is 3.40. The summed E-state index contributed by atoms with van der Waals surface area (Å²) in [5.41, 5.74) is 2.17. The molecule has 2 heterocycles. The molecular weight excluding hydrogens is 228 g/mol. The fraction of sp³-hybridized carbons (Fsp3) is 0.385. The number of hydrogen-bond donors (Lipinski definition) is 2. The summed E-state index contributed by atoms with van der Waals surface area (Å²) < 4.78 is 0. The van der Waals surface area contributed by atoms with Crippen LogP contribution in [0.15, 0.2) is 24.4 Å². The molecule has 0 spiro atoms. The molecule has 0 aliphatic carbocycles. The van der Waals surface area contributed by atoms with Crippen LogP contribution in [0.1, 0.15) is 24.9 Å². The zero-order valence-corrected chi connectivity index (χ0v) is 10.3. The van der Waals surface area contributed by atoms with Crippen LogP contribution in [0.3, 0.4) is 0 Å². The van der Waals surface area contributed by atoms with Crippen LogP contribution < -0.4 is 5.32 Å². The maximum Gasteiger partial charge on any atom is 0.318 e. The lowest BCUT2D eigenvalue weighted by molar-refractivity contribution is 0.204. The van der Waals surface area contributed by atoms with Gasteiger partial charge in [0.2, 0.25) is 0 Å². The van der Waals surface area contributed by atoms with E-state index in [0.29, 0.717) is 6.54 Å². The molecule has 2 aromatic rings. The number of H-pyrrole nitrogens is 1. The summed E-state index contributed by atoms with van der Waals surface area (Å²) in [7, 11) is 0. The SMILES string of the molecule is CCCN1C(=O)NCC1c1ccc2cn[nH]c2c1. The first-order valence-corrected chi connectivity index (χ1v) is 6.27. The lowest BCUT2D eigenvalue weighted by Gasteiger charge is -2.22. The first-order chi connectivity index (χ1) is 8.79. The number of fused-ring (bicyclic) bond motifs is 1. The van der Waals surface area contributed by atoms with E-state index in [0.717, 1.165) is 29.4 Å². The van der Waals surface area contributed by atoms with Gasteiger partial charge >= 0.3 is 6.03 Å². The van der Waals surface area contributed by atoms with Crippen molar-refractivity contribution in [2.24, 2.45) is 0 Å². The van der Waals surface area contributed by atoms with E-state index in [2.05, 4.69) is 34.6 Å². The zero-order valence-electron chi connectivity index (χ0n) is 10.3. The number of benzene rings is 1. The topological polar surface area (TPSA) is 61.0 Å². The van der Waals surface area contributed by atoms with Gasteiger partial charge in [-0.25, -0.2) is 4.79 Å². The van der Waals surface area contributed by atoms with Crippen LogP contribution >= 0.6 is 0 Å². The number of aromatic amines is 1. The predicted octanol–water partition coefficient (Wildman–Crippen LogP) is 2.04. The van der Waals surface area contributed by atoms with Crippen molar-refractivity contribution in [1.82, 2.24) is 20.4 Å². The summed E-state index contributed by atoms with van der Waals surface area (Å²) >= 11 is 0. The van der Waals surface area contributed by atoms with Gasteiger partial charge in [-0.05, 0) is 18.1 Å². The number of carbonyl (C=O) groups excluding carboxylic acids is 1. The van der Waals surface area contributed by atoms with Gasteiger partial charge in [-0.15, -0.1) is 0 Å². The molecule has 1 aliphatic heterocycles. The average Bonchev–Trinajstić information content (AvgIpc) is 2.97. The second-order valence-corrected chi connectivity index (χ2v) is 4.61. The molecule has 2 N–H and O–H groups in total. The highest BCUT2D eigenvalue weighted by Crippen LogP contribution is 2.26. The van der Waals surface area contributed by atoms with E-state index in [4.69, 9.17) is 0 Å². The molecular formula is C13H16N4O. The van der Waals surface area contributed by atoms with Crippen molar-refractivity contribution in [1.29, 1.82) is 0 Å². The van der Waals surface area contributed by atoms with Gasteiger partial charge in [0.05, 0.1) is 17.8 Å². The third kappa shape index (κ3) is 1.72. The van der Waals surface area contributed by atoms with Gasteiger partial charge in [-0.2, -0.15) is 5.10 Å². The average molecular weight is 244 g/mol. The number of hydrogen-bond acceptors (Lipinski definition) is 2. The number of rotatable bonds is 3. The van der Waals surface area contributed by atoms with Crippen molar-refractivity contribution < 1.29 is 4.79 Å². The zero-order chi connectivity index (χ0) is 12.5. The van der Waals surface area contributed by atoms with Crippen LogP contribution in [0.2, 0.25) is 0 Å². The number of amides is 2. The van der Waals surface area contributed by atoms with E-state index in [-0.39, 0.29) is 12.1 Å². The molecule has 3 rings (SSSR count). The molecule has 1 aromatic carbocycles. The van der Waals surface area contributed by atoms with Crippen molar-refractivity contribution in [2.75, 3.05) is 13.1 Å². The van der Waals surface area contributed by atoms with E-state index < -0.39 is 0 Å². The number of carbonyl (C=O) groups is 1. The summed E-state index contributed by atoms with van der Waals surface area (Å²) in [6.45, 7) is 3.55. The second kappa shape index (κ2) is 4.33. The number of nitrogens with one attached hydrogen (secondary N) is 2. The van der Waals surface area contributed by atoms with Crippen LogP contribution in [-0.4, -0.2) is 34.2 Å². The highest BCUT2D eigenvalue weighted by molar-refractivity contribution is 5.80. The maximum absolute atomic E-state index is 11.8. The third-order valence-electron chi connectivity index (χ3n) is 3.40. The van der Waals surface area contributed by atoms with Crippen LogP contribution in [0.5, 0.6) is 0 Å². The van der Waals surface area contributed by atoms with Crippen LogP contribution in [0.25, 0.3) is 10.9 Å². The van der Waals surface area contributed by atoms with E-state index in [1.807, 2.05) is 11.0 Å². The molecule has 2 amide bonds. The van der Waals surface area contributed by atoms with Crippen LogP contribution in [0, 0.1) is 0 Å². The second-order valence-electron chi connectivity index (χ2n) is 4.61. The molecule has 5 nitrogen and oxygen atoms in total. The van der Waals surface area contributed by atoms with E-state index in [1.54, 1.807) is 6.20 Å². The van der Waals surface area contributed by atoms with Crippen LogP contribution in [-0.2, 0) is 0 Å². The maximum atomic E-state index is 11.8. The van der Waals surface area contributed by atoms with Crippen LogP contribution in [0.4, 0.5) is 4.79 Å². The normalized spacial score (nSPS) is 19.5. The Hall–Kier alpha value is -2.04. The number of nitrogens with zero attached hydrogens (tertiary/aromatic N) is 2. The Balaban J connectivity index is 1.95. The van der Waals surface area contributed by atoms with E-state index in [9.17, 15) is 4.79 Å².